The molecule has 0 aliphatic heterocycles. The lowest BCUT2D eigenvalue weighted by Gasteiger charge is -2.32. The lowest BCUT2D eigenvalue weighted by Crippen LogP contribution is -2.53. The minimum Gasteiger partial charge on any atom is -0.479 e. The molecule has 0 unspecified atom stereocenters. The van der Waals surface area contributed by atoms with Crippen LogP contribution in [0.4, 0.5) is 30.7 Å². The van der Waals surface area contributed by atoms with Gasteiger partial charge < -0.3 is 14.6 Å². The first-order valence-electron chi connectivity index (χ1n) is 12.7. The average Bonchev–Trinajstić information content (AvgIpc) is 3.74. The molecule has 13 heteroatoms. The van der Waals surface area contributed by atoms with Crippen molar-refractivity contribution in [2.45, 2.75) is 56.0 Å². The first-order chi connectivity index (χ1) is 19.7. The van der Waals surface area contributed by atoms with Gasteiger partial charge in [0.1, 0.15) is 10.4 Å². The average molecular weight is 711 g/mol. The van der Waals surface area contributed by atoms with Crippen LogP contribution < -0.4 is 9.47 Å². The summed E-state index contributed by atoms with van der Waals surface area (Å²) in [5.41, 5.74) is -4.79. The topological polar surface area (TPSA) is 68.7 Å². The number of hydrogen-bond donors (Lipinski definition) is 1. The van der Waals surface area contributed by atoms with Gasteiger partial charge in [0, 0.05) is 23.2 Å². The van der Waals surface area contributed by atoms with E-state index in [1.54, 1.807) is 37.3 Å². The molecule has 1 saturated carbocycles. The van der Waals surface area contributed by atoms with Crippen molar-refractivity contribution >= 4 is 28.4 Å². The van der Waals surface area contributed by atoms with E-state index in [1.807, 2.05) is 22.6 Å². The summed E-state index contributed by atoms with van der Waals surface area (Å²) < 4.78 is 103. The van der Waals surface area contributed by atoms with E-state index >= 15 is 0 Å². The summed E-state index contributed by atoms with van der Waals surface area (Å²) in [6, 6.07) is 11.6. The number of nitrogens with zero attached hydrogens (tertiary/aromatic N) is 1. The Morgan fingerprint density at radius 2 is 1.60 bits per heavy atom. The number of benzene rings is 2. The lowest BCUT2D eigenvalue weighted by molar-refractivity contribution is -0.376. The number of hydrogen-bond acceptors (Lipinski definition) is 5. The fourth-order valence-electron chi connectivity index (χ4n) is 4.85. The van der Waals surface area contributed by atoms with Crippen molar-refractivity contribution in [2.75, 3.05) is 11.5 Å². The maximum Gasteiger partial charge on any atom is 0.430 e. The van der Waals surface area contributed by atoms with Crippen molar-refractivity contribution in [2.24, 2.45) is 0 Å². The van der Waals surface area contributed by atoms with E-state index in [4.69, 9.17) is 9.47 Å². The largest absolute Gasteiger partial charge is 0.479 e. The van der Waals surface area contributed by atoms with Crippen LogP contribution in [-0.2, 0) is 22.2 Å². The van der Waals surface area contributed by atoms with Gasteiger partial charge in [-0.05, 0) is 78.1 Å². The smallest absolute Gasteiger partial charge is 0.430 e. The maximum absolute atomic E-state index is 13.3. The van der Waals surface area contributed by atoms with Crippen molar-refractivity contribution in [3.8, 4) is 22.8 Å². The minimum atomic E-state index is -5.99. The molecule has 1 N–H and O–H groups in total. The number of ether oxygens (including phenoxy) is 2. The van der Waals surface area contributed by atoms with E-state index in [0.29, 0.717) is 57.9 Å². The molecule has 0 amide bonds. The van der Waals surface area contributed by atoms with Crippen molar-refractivity contribution in [3.05, 3.63) is 77.0 Å². The number of halogens is 8. The SMILES string of the molecule is Cc1ccc(CCC(=O)C2(c3ccc(OCI)c(OCF)c3)CC2)nc1-c1ccc(C(O)(C(F)(F)F)C(F)(F)F)cc1. The van der Waals surface area contributed by atoms with Gasteiger partial charge in [-0.15, -0.1) is 0 Å². The molecular formula is C29H25F7INO4. The van der Waals surface area contributed by atoms with Gasteiger partial charge >= 0.3 is 12.4 Å². The number of aromatic nitrogens is 1. The zero-order valence-electron chi connectivity index (χ0n) is 22.1. The molecule has 1 aliphatic rings. The number of aliphatic hydroxyl groups is 1. The number of alkyl halides is 8. The quantitative estimate of drug-likeness (QED) is 0.126. The Morgan fingerprint density at radius 3 is 2.14 bits per heavy atom. The Morgan fingerprint density at radius 1 is 0.952 bits per heavy atom. The van der Waals surface area contributed by atoms with E-state index in [-0.39, 0.29) is 29.9 Å². The van der Waals surface area contributed by atoms with Crippen molar-refractivity contribution in [1.29, 1.82) is 0 Å². The fraction of sp³-hybridized carbons (Fsp3) is 0.379. The van der Waals surface area contributed by atoms with Crippen LogP contribution in [0, 0.1) is 6.92 Å². The summed E-state index contributed by atoms with van der Waals surface area (Å²) in [7, 11) is 0. The number of carbonyl (C=O) groups excluding carboxylic acids is 1. The number of Topliss-reactive ketones (excluding diaryl/α,β-unsaturated/α-hetero) is 1. The van der Waals surface area contributed by atoms with E-state index < -0.39 is 35.8 Å². The molecule has 0 bridgehead atoms. The molecule has 3 aromatic rings. The zero-order chi connectivity index (χ0) is 30.9. The Hall–Kier alpha value is -2.94. The highest BCUT2D eigenvalue weighted by Crippen LogP contribution is 2.52. The Kier molecular flexibility index (Phi) is 9.12. The Labute approximate surface area is 250 Å². The standard InChI is InChI=1S/C29H25F7INO4/c1-17-2-8-21(38-25(17)18-3-5-19(6-4-18)27(40,28(31,32)33)29(34,35)36)9-11-24(39)26(12-13-26)20-7-10-22(42-16-37)23(14-20)41-15-30/h2-8,10,14,40H,9,11-13,15-16H2,1H3. The van der Waals surface area contributed by atoms with E-state index in [9.17, 15) is 40.6 Å². The Bertz CT molecular complexity index is 1420. The molecule has 1 heterocycles. The van der Waals surface area contributed by atoms with Gasteiger partial charge in [0.15, 0.2) is 11.5 Å². The van der Waals surface area contributed by atoms with Gasteiger partial charge in [-0.2, -0.15) is 26.3 Å². The maximum atomic E-state index is 13.3. The highest BCUT2D eigenvalue weighted by molar-refractivity contribution is 14.1. The predicted molar refractivity (Wildman–Crippen MR) is 147 cm³/mol. The summed E-state index contributed by atoms with van der Waals surface area (Å²) in [5, 5.41) is 9.64. The molecule has 0 saturated heterocycles. The lowest BCUT2D eigenvalue weighted by atomic mass is 9.88. The second-order valence-corrected chi connectivity index (χ2v) is 10.5. The van der Waals surface area contributed by atoms with Crippen LogP contribution in [0.2, 0.25) is 0 Å². The molecule has 0 radical (unpaired) electrons. The number of rotatable bonds is 11. The molecule has 1 aromatic heterocycles. The van der Waals surface area contributed by atoms with Gasteiger partial charge in [0.05, 0.1) is 11.1 Å². The van der Waals surface area contributed by atoms with Crippen LogP contribution >= 0.6 is 22.6 Å². The third kappa shape index (κ3) is 6.08. The van der Waals surface area contributed by atoms with Crippen LogP contribution in [0.5, 0.6) is 11.5 Å². The van der Waals surface area contributed by atoms with Gasteiger partial charge in [-0.25, -0.2) is 4.39 Å². The normalized spacial score (nSPS) is 14.9. The van der Waals surface area contributed by atoms with Gasteiger partial charge in [-0.1, -0.05) is 36.4 Å². The highest BCUT2D eigenvalue weighted by atomic mass is 127. The van der Waals surface area contributed by atoms with E-state index in [0.717, 1.165) is 12.1 Å². The molecule has 5 nitrogen and oxygen atoms in total. The third-order valence-electron chi connectivity index (χ3n) is 7.36. The molecule has 1 aliphatic carbocycles. The fourth-order valence-corrected chi connectivity index (χ4v) is 5.18. The van der Waals surface area contributed by atoms with Crippen LogP contribution in [0.15, 0.2) is 54.6 Å². The number of aryl methyl sites for hydroxylation is 2. The van der Waals surface area contributed by atoms with Gasteiger partial charge in [-0.3, -0.25) is 9.78 Å². The Balaban J connectivity index is 1.53. The van der Waals surface area contributed by atoms with Crippen LogP contribution in [0.25, 0.3) is 11.3 Å². The molecular weight excluding hydrogens is 686 g/mol. The number of ketones is 1. The minimum absolute atomic E-state index is 0.0527. The second-order valence-electron chi connectivity index (χ2n) is 9.93. The van der Waals surface area contributed by atoms with Crippen molar-refractivity contribution in [3.63, 3.8) is 0 Å². The molecule has 0 spiro atoms. The van der Waals surface area contributed by atoms with Crippen LogP contribution in [-0.4, -0.2) is 39.7 Å². The molecule has 1 fully saturated rings. The molecule has 42 heavy (non-hydrogen) atoms. The summed E-state index contributed by atoms with van der Waals surface area (Å²) in [4.78, 5) is 17.8. The van der Waals surface area contributed by atoms with E-state index in [2.05, 4.69) is 4.98 Å². The third-order valence-corrected chi connectivity index (χ3v) is 7.67. The zero-order valence-corrected chi connectivity index (χ0v) is 24.2. The monoisotopic (exact) mass is 711 g/mol. The molecule has 4 rings (SSSR count). The first kappa shape index (κ1) is 32.0. The van der Waals surface area contributed by atoms with Crippen molar-refractivity contribution < 1.29 is 50.1 Å². The number of pyridine rings is 1. The summed E-state index contributed by atoms with van der Waals surface area (Å²) in [5.74, 6) is 0.508. The summed E-state index contributed by atoms with van der Waals surface area (Å²) in [6.45, 7) is 0.617. The van der Waals surface area contributed by atoms with E-state index in [1.165, 1.54) is 0 Å². The highest BCUT2D eigenvalue weighted by Gasteiger charge is 2.71. The van der Waals surface area contributed by atoms with Crippen LogP contribution in [0.3, 0.4) is 0 Å². The van der Waals surface area contributed by atoms with Gasteiger partial charge in [0.2, 0.25) is 6.86 Å². The molecule has 2 aromatic carbocycles. The van der Waals surface area contributed by atoms with Crippen molar-refractivity contribution in [1.82, 2.24) is 4.98 Å². The predicted octanol–water partition coefficient (Wildman–Crippen LogP) is 7.68. The first-order valence-corrected chi connectivity index (χ1v) is 14.2. The summed E-state index contributed by atoms with van der Waals surface area (Å²) in [6.07, 6.45) is -10.4. The number of carbonyl (C=O) groups is 1. The second kappa shape index (κ2) is 12.0. The summed E-state index contributed by atoms with van der Waals surface area (Å²) >= 11 is 1.99. The molecule has 226 valence electrons. The molecule has 0 atom stereocenters. The van der Waals surface area contributed by atoms with Crippen LogP contribution in [0.1, 0.15) is 41.6 Å². The van der Waals surface area contributed by atoms with Gasteiger partial charge in [0.25, 0.3) is 5.60 Å².